The summed E-state index contributed by atoms with van der Waals surface area (Å²) in [6.45, 7) is 0. The van der Waals surface area contributed by atoms with Gasteiger partial charge < -0.3 is 10.0 Å². The number of hydrogen-bond acceptors (Lipinski definition) is 4. The van der Waals surface area contributed by atoms with E-state index in [4.69, 9.17) is 0 Å². The molecular formula is C24H20F3N3O3. The van der Waals surface area contributed by atoms with E-state index in [1.165, 1.54) is 34.0 Å². The molecule has 9 heteroatoms. The summed E-state index contributed by atoms with van der Waals surface area (Å²) >= 11 is 0. The molecular weight excluding hydrogens is 435 g/mol. The summed E-state index contributed by atoms with van der Waals surface area (Å²) in [4.78, 5) is 26.6. The van der Waals surface area contributed by atoms with Crippen molar-refractivity contribution >= 4 is 5.91 Å². The van der Waals surface area contributed by atoms with Crippen LogP contribution in [0.2, 0.25) is 0 Å². The minimum atomic E-state index is -1.03. The topological polar surface area (TPSA) is 65.8 Å². The van der Waals surface area contributed by atoms with Crippen molar-refractivity contribution in [3.05, 3.63) is 98.7 Å². The van der Waals surface area contributed by atoms with Crippen molar-refractivity contribution in [2.75, 3.05) is 12.1 Å². The Kier molecular flexibility index (Phi) is 4.92. The van der Waals surface area contributed by atoms with Crippen molar-refractivity contribution < 1.29 is 23.1 Å². The number of hydrogen-bond donors (Lipinski definition) is 1. The van der Waals surface area contributed by atoms with Crippen molar-refractivity contribution in [2.24, 2.45) is 0 Å². The molecule has 2 atom stereocenters. The average Bonchev–Trinajstić information content (AvgIpc) is 2.78. The van der Waals surface area contributed by atoms with E-state index in [2.05, 4.69) is 0 Å². The van der Waals surface area contributed by atoms with Gasteiger partial charge in [-0.3, -0.25) is 19.3 Å². The maximum Gasteiger partial charge on any atom is 0.277 e. The van der Waals surface area contributed by atoms with Crippen LogP contribution in [0.1, 0.15) is 46.1 Å². The third-order valence-corrected chi connectivity index (χ3v) is 6.41. The van der Waals surface area contributed by atoms with E-state index >= 15 is 0 Å². The summed E-state index contributed by atoms with van der Waals surface area (Å²) in [7, 11) is 1.57. The molecule has 0 spiro atoms. The van der Waals surface area contributed by atoms with Gasteiger partial charge in [-0.1, -0.05) is 12.1 Å². The number of carbonyl (C=O) groups excluding carboxylic acids is 1. The van der Waals surface area contributed by atoms with Crippen LogP contribution in [0.15, 0.2) is 53.5 Å². The van der Waals surface area contributed by atoms with Crippen LogP contribution in [0.4, 0.5) is 13.2 Å². The second-order valence-corrected chi connectivity index (χ2v) is 8.31. The second kappa shape index (κ2) is 7.68. The highest BCUT2D eigenvalue weighted by molar-refractivity contribution is 5.96. The highest BCUT2D eigenvalue weighted by atomic mass is 19.2. The largest absolute Gasteiger partial charge is 0.502 e. The highest BCUT2D eigenvalue weighted by Crippen LogP contribution is 2.39. The molecule has 3 heterocycles. The van der Waals surface area contributed by atoms with Gasteiger partial charge in [0, 0.05) is 19.3 Å². The van der Waals surface area contributed by atoms with Gasteiger partial charge in [-0.15, -0.1) is 0 Å². The zero-order chi connectivity index (χ0) is 23.4. The Bertz CT molecular complexity index is 1320. The van der Waals surface area contributed by atoms with Crippen LogP contribution in [-0.2, 0) is 6.42 Å². The molecule has 1 N–H and O–H groups in total. The summed E-state index contributed by atoms with van der Waals surface area (Å²) in [5.74, 6) is -3.67. The third kappa shape index (κ3) is 3.26. The maximum absolute atomic E-state index is 14.5. The molecule has 1 aromatic heterocycles. The van der Waals surface area contributed by atoms with E-state index in [0.717, 1.165) is 12.1 Å². The van der Waals surface area contributed by atoms with Gasteiger partial charge in [0.1, 0.15) is 12.0 Å². The fourth-order valence-corrected chi connectivity index (χ4v) is 4.82. The van der Waals surface area contributed by atoms with Gasteiger partial charge in [0.05, 0.1) is 6.04 Å². The number of carbonyl (C=O) groups is 1. The molecule has 2 aliphatic heterocycles. The van der Waals surface area contributed by atoms with Gasteiger partial charge >= 0.3 is 0 Å². The number of halogens is 3. The second-order valence-electron chi connectivity index (χ2n) is 8.31. The van der Waals surface area contributed by atoms with E-state index in [1.807, 2.05) is 0 Å². The molecule has 2 aliphatic rings. The quantitative estimate of drug-likeness (QED) is 0.611. The van der Waals surface area contributed by atoms with Crippen molar-refractivity contribution in [1.82, 2.24) is 9.58 Å². The van der Waals surface area contributed by atoms with E-state index in [9.17, 15) is 27.9 Å². The predicted octanol–water partition coefficient (Wildman–Crippen LogP) is 3.45. The summed E-state index contributed by atoms with van der Waals surface area (Å²) < 4.78 is 43.7. The molecule has 0 bridgehead atoms. The van der Waals surface area contributed by atoms with Crippen molar-refractivity contribution in [2.45, 2.75) is 31.5 Å². The summed E-state index contributed by atoms with van der Waals surface area (Å²) in [5, 5.41) is 12.2. The smallest absolute Gasteiger partial charge is 0.277 e. The molecule has 0 unspecified atom stereocenters. The summed E-state index contributed by atoms with van der Waals surface area (Å²) in [6, 6.07) is 8.29. The van der Waals surface area contributed by atoms with Gasteiger partial charge in [0.25, 0.3) is 5.91 Å². The highest BCUT2D eigenvalue weighted by Gasteiger charge is 2.43. The van der Waals surface area contributed by atoms with Crippen molar-refractivity contribution in [3.8, 4) is 5.75 Å². The van der Waals surface area contributed by atoms with Gasteiger partial charge in [-0.2, -0.15) is 0 Å². The Balaban J connectivity index is 1.84. The van der Waals surface area contributed by atoms with Crippen LogP contribution in [0.5, 0.6) is 5.75 Å². The minimum absolute atomic E-state index is 0.224. The van der Waals surface area contributed by atoms with Crippen molar-refractivity contribution in [1.29, 1.82) is 0 Å². The Hall–Kier alpha value is -3.75. The molecule has 0 radical (unpaired) electrons. The zero-order valence-corrected chi connectivity index (χ0v) is 17.6. The molecule has 0 saturated carbocycles. The lowest BCUT2D eigenvalue weighted by Crippen LogP contribution is -2.61. The Morgan fingerprint density at radius 2 is 1.70 bits per heavy atom. The fourth-order valence-electron chi connectivity index (χ4n) is 4.82. The molecule has 170 valence electrons. The van der Waals surface area contributed by atoms with Crippen LogP contribution in [0.3, 0.4) is 0 Å². The Morgan fingerprint density at radius 3 is 2.42 bits per heavy atom. The van der Waals surface area contributed by atoms with E-state index in [-0.39, 0.29) is 5.69 Å². The number of pyridine rings is 1. The Morgan fingerprint density at radius 1 is 1.00 bits per heavy atom. The Labute approximate surface area is 187 Å². The van der Waals surface area contributed by atoms with Crippen LogP contribution in [0.25, 0.3) is 0 Å². The fraction of sp³-hybridized carbons (Fsp3) is 0.250. The number of nitrogens with zero attached hydrogens (tertiary/aromatic N) is 3. The van der Waals surface area contributed by atoms with Gasteiger partial charge in [0.15, 0.2) is 23.1 Å². The molecule has 0 aliphatic carbocycles. The first-order valence-corrected chi connectivity index (χ1v) is 10.5. The lowest BCUT2D eigenvalue weighted by molar-refractivity contribution is 0.0600. The first-order valence-electron chi connectivity index (χ1n) is 10.5. The third-order valence-electron chi connectivity index (χ3n) is 6.41. The molecule has 0 saturated heterocycles. The van der Waals surface area contributed by atoms with Crippen LogP contribution in [-0.4, -0.2) is 33.8 Å². The average molecular weight is 455 g/mol. The molecule has 2 aromatic carbocycles. The normalized spacial score (nSPS) is 19.9. The van der Waals surface area contributed by atoms with Gasteiger partial charge in [-0.25, -0.2) is 13.2 Å². The van der Waals surface area contributed by atoms with Crippen LogP contribution in [0, 0.1) is 17.5 Å². The first-order chi connectivity index (χ1) is 15.8. The zero-order valence-electron chi connectivity index (χ0n) is 17.6. The molecule has 1 amide bonds. The lowest BCUT2D eigenvalue weighted by Gasteiger charge is -2.50. The van der Waals surface area contributed by atoms with Gasteiger partial charge in [-0.05, 0) is 60.2 Å². The number of benzene rings is 2. The van der Waals surface area contributed by atoms with Gasteiger partial charge in [0.2, 0.25) is 5.43 Å². The molecule has 6 nitrogen and oxygen atoms in total. The number of aryl methyl sites for hydroxylation is 1. The molecule has 33 heavy (non-hydrogen) atoms. The van der Waals surface area contributed by atoms with Crippen molar-refractivity contribution in [3.63, 3.8) is 0 Å². The number of aromatic hydroxyl groups is 1. The molecule has 5 rings (SSSR count). The number of aromatic nitrogens is 1. The van der Waals surface area contributed by atoms with E-state index in [1.54, 1.807) is 24.2 Å². The molecule has 0 fully saturated rings. The number of fused-ring (bicyclic) bond motifs is 4. The number of rotatable bonds is 1. The number of amides is 1. The lowest BCUT2D eigenvalue weighted by atomic mass is 9.88. The monoisotopic (exact) mass is 455 g/mol. The predicted molar refractivity (Wildman–Crippen MR) is 114 cm³/mol. The SMILES string of the molecule is CN1C(=O)c2c(O)c(=O)ccn2N2[C@@H](c3ccc(F)cc3)c3cc(F)c(F)cc3CCC[C@H]12. The summed E-state index contributed by atoms with van der Waals surface area (Å²) in [6.07, 6.45) is 2.38. The van der Waals surface area contributed by atoms with Crippen LogP contribution >= 0.6 is 0 Å². The maximum atomic E-state index is 14.5. The van der Waals surface area contributed by atoms with E-state index in [0.29, 0.717) is 36.0 Å². The summed E-state index contributed by atoms with van der Waals surface area (Å²) in [5.41, 5.74) is 0.686. The minimum Gasteiger partial charge on any atom is -0.502 e. The van der Waals surface area contributed by atoms with Crippen LogP contribution < -0.4 is 10.4 Å². The molecule has 3 aromatic rings. The standard InChI is InChI=1S/C24H20F3N3O3/c1-28-20-4-2-3-14-11-17(26)18(27)12-16(14)21(13-5-7-15(25)8-6-13)30(20)29-10-9-19(31)23(32)22(29)24(28)33/h5-12,20-21,32H,2-4H2,1H3/t20-,21+/m1/s1. The first kappa shape index (κ1) is 21.1. The van der Waals surface area contributed by atoms with E-state index < -0.39 is 46.7 Å².